The molecule has 0 aromatic heterocycles. The molecule has 0 fully saturated rings. The molecule has 1 amide bonds. The molecule has 38 heavy (non-hydrogen) atoms. The molecule has 3 rings (SSSR count). The number of benzene rings is 3. The molecule has 0 aliphatic carbocycles. The van der Waals surface area contributed by atoms with E-state index >= 15 is 0 Å². The summed E-state index contributed by atoms with van der Waals surface area (Å²) in [5.41, 5.74) is 0.705. The second kappa shape index (κ2) is 14.8. The number of carbonyl (C=O) groups excluding carboxylic acids is 1. The molecule has 1 N–H and O–H groups in total. The van der Waals surface area contributed by atoms with Gasteiger partial charge in [-0.25, -0.2) is 17.5 Å². The van der Waals surface area contributed by atoms with Crippen molar-refractivity contribution in [3.63, 3.8) is 0 Å². The minimum atomic E-state index is -4.16. The number of carbonyl (C=O) groups is 2. The molecular formula is C25H24Cl2NO7PS2. The van der Waals surface area contributed by atoms with Crippen LogP contribution < -0.4 is 0 Å². The molecule has 0 saturated carbocycles. The lowest BCUT2D eigenvalue weighted by Gasteiger charge is -2.29. The number of carboxylic acid groups (broad SMARTS) is 1. The lowest BCUT2D eigenvalue weighted by molar-refractivity contribution is -0.142. The van der Waals surface area contributed by atoms with Gasteiger partial charge in [0, 0.05) is 43.9 Å². The number of carboxylic acids is 1. The fourth-order valence-electron chi connectivity index (χ4n) is 3.04. The Bertz CT molecular complexity index is 1200. The van der Waals surface area contributed by atoms with Gasteiger partial charge < -0.3 is 9.84 Å². The number of aliphatic carboxylic acids is 1. The Morgan fingerprint density at radius 3 is 1.84 bits per heavy atom. The Morgan fingerprint density at radius 1 is 0.895 bits per heavy atom. The quantitative estimate of drug-likeness (QED) is 0.150. The highest BCUT2D eigenvalue weighted by Gasteiger charge is 2.39. The molecule has 0 saturated heterocycles. The van der Waals surface area contributed by atoms with Crippen molar-refractivity contribution < 1.29 is 31.9 Å². The van der Waals surface area contributed by atoms with E-state index in [1.807, 2.05) is 6.07 Å². The van der Waals surface area contributed by atoms with Crippen LogP contribution in [0, 0.1) is 0 Å². The molecule has 202 valence electrons. The zero-order valence-corrected chi connectivity index (χ0v) is 24.1. The smallest absolute Gasteiger partial charge is 0.411 e. The van der Waals surface area contributed by atoms with Crippen LogP contribution in [0.5, 0.6) is 0 Å². The van der Waals surface area contributed by atoms with Crippen molar-refractivity contribution in [1.29, 1.82) is 0 Å². The van der Waals surface area contributed by atoms with Crippen LogP contribution in [0.15, 0.2) is 88.7 Å². The highest BCUT2D eigenvalue weighted by molar-refractivity contribution is 8.02. The predicted octanol–water partition coefficient (Wildman–Crippen LogP) is 8.39. The molecule has 1 unspecified atom stereocenters. The molecule has 0 aliphatic rings. The van der Waals surface area contributed by atoms with Crippen molar-refractivity contribution in [3.05, 3.63) is 94.5 Å². The van der Waals surface area contributed by atoms with E-state index in [0.717, 1.165) is 29.0 Å². The zero-order valence-electron chi connectivity index (χ0n) is 20.1. The minimum absolute atomic E-state index is 0.0322. The van der Waals surface area contributed by atoms with E-state index in [2.05, 4.69) is 0 Å². The Balaban J connectivity index is 1.83. The van der Waals surface area contributed by atoms with Gasteiger partial charge in [-0.2, -0.15) is 0 Å². The molecule has 3 aromatic rings. The van der Waals surface area contributed by atoms with Crippen molar-refractivity contribution in [2.75, 3.05) is 6.29 Å². The van der Waals surface area contributed by atoms with E-state index in [1.165, 1.54) is 0 Å². The maximum atomic E-state index is 13.9. The van der Waals surface area contributed by atoms with Gasteiger partial charge in [0.15, 0.2) is 0 Å². The summed E-state index contributed by atoms with van der Waals surface area (Å²) in [6.45, 7) is 1.49. The Labute approximate surface area is 239 Å². The number of rotatable bonds is 13. The highest BCUT2D eigenvalue weighted by atomic mass is 35.5. The van der Waals surface area contributed by atoms with Gasteiger partial charge in [-0.3, -0.25) is 9.46 Å². The van der Waals surface area contributed by atoms with Crippen LogP contribution in [0.25, 0.3) is 0 Å². The third-order valence-corrected chi connectivity index (χ3v) is 9.43. The molecular weight excluding hydrogens is 592 g/mol. The van der Waals surface area contributed by atoms with Crippen LogP contribution in [0.2, 0.25) is 10.0 Å². The lowest BCUT2D eigenvalue weighted by Crippen LogP contribution is -2.45. The lowest BCUT2D eigenvalue weighted by atomic mass is 10.2. The normalized spacial score (nSPS) is 12.1. The average Bonchev–Trinajstić information content (AvgIpc) is 2.91. The second-order valence-electron chi connectivity index (χ2n) is 7.75. The van der Waals surface area contributed by atoms with Crippen LogP contribution in [0.3, 0.4) is 0 Å². The first-order valence-electron chi connectivity index (χ1n) is 11.2. The monoisotopic (exact) mass is 615 g/mol. The van der Waals surface area contributed by atoms with Crippen LogP contribution in [-0.2, 0) is 28.6 Å². The molecule has 13 heteroatoms. The maximum Gasteiger partial charge on any atom is 0.411 e. The number of hydrogen-bond acceptors (Lipinski definition) is 8. The second-order valence-corrected chi connectivity index (χ2v) is 12.6. The van der Waals surface area contributed by atoms with Gasteiger partial charge in [-0.1, -0.05) is 60.5 Å². The Morgan fingerprint density at radius 2 is 1.39 bits per heavy atom. The van der Waals surface area contributed by atoms with Crippen molar-refractivity contribution in [2.24, 2.45) is 0 Å². The van der Waals surface area contributed by atoms with Gasteiger partial charge in [-0.15, -0.1) is 0 Å². The SMILES string of the molecule is CCC(C(=O)O)N(CP(=O)(OSc1ccc(Cl)cc1)OSc1ccc(Cl)cc1)C(=O)OCc1ccccc1. The third-order valence-electron chi connectivity index (χ3n) is 4.93. The standard InChI is InChI=1S/C25H24Cl2NO7PS2/c1-2-23(24(29)30)28(25(31)33-16-18-6-4-3-5-7-18)17-36(32,34-37-21-12-8-19(26)9-13-21)35-38-22-14-10-20(27)11-15-22/h3-15,23H,2,16-17H2,1H3,(H,29,30). The molecule has 3 aromatic carbocycles. The predicted molar refractivity (Wildman–Crippen MR) is 149 cm³/mol. The summed E-state index contributed by atoms with van der Waals surface area (Å²) >= 11 is 13.4. The molecule has 0 aliphatic heterocycles. The molecule has 8 nitrogen and oxygen atoms in total. The Kier molecular flexibility index (Phi) is 11.9. The minimum Gasteiger partial charge on any atom is -0.480 e. The molecule has 0 spiro atoms. The van der Waals surface area contributed by atoms with Gasteiger partial charge in [-0.05, 0) is 60.5 Å². The summed E-state index contributed by atoms with van der Waals surface area (Å²) in [6.07, 6.45) is -1.61. The Hall–Kier alpha value is -2.17. The van der Waals surface area contributed by atoms with Gasteiger partial charge in [0.1, 0.15) is 18.9 Å². The van der Waals surface area contributed by atoms with E-state index in [0.29, 0.717) is 25.4 Å². The van der Waals surface area contributed by atoms with Gasteiger partial charge in [0.2, 0.25) is 0 Å². The van der Waals surface area contributed by atoms with Crippen molar-refractivity contribution in [1.82, 2.24) is 4.90 Å². The number of halogens is 2. The molecule has 0 heterocycles. The first-order chi connectivity index (χ1) is 18.2. The van der Waals surface area contributed by atoms with Crippen LogP contribution in [-0.4, -0.2) is 34.4 Å². The van der Waals surface area contributed by atoms with Crippen LogP contribution in [0.4, 0.5) is 4.79 Å². The maximum absolute atomic E-state index is 13.9. The summed E-state index contributed by atoms with van der Waals surface area (Å²) in [5, 5.41) is 10.8. The fourth-order valence-corrected chi connectivity index (χ4v) is 6.77. The summed E-state index contributed by atoms with van der Waals surface area (Å²) in [4.78, 5) is 27.1. The van der Waals surface area contributed by atoms with Crippen molar-refractivity contribution in [2.45, 2.75) is 35.8 Å². The number of nitrogens with zero attached hydrogens (tertiary/aromatic N) is 1. The highest BCUT2D eigenvalue weighted by Crippen LogP contribution is 2.57. The summed E-state index contributed by atoms with van der Waals surface area (Å²) < 4.78 is 30.6. The third kappa shape index (κ3) is 9.54. The van der Waals surface area contributed by atoms with Crippen molar-refractivity contribution >= 4 is 66.9 Å². The van der Waals surface area contributed by atoms with E-state index in [4.69, 9.17) is 35.9 Å². The van der Waals surface area contributed by atoms with E-state index in [-0.39, 0.29) is 13.0 Å². The van der Waals surface area contributed by atoms with Gasteiger partial charge in [0.05, 0.1) is 0 Å². The van der Waals surface area contributed by atoms with E-state index in [9.17, 15) is 19.3 Å². The van der Waals surface area contributed by atoms with Crippen LogP contribution in [0.1, 0.15) is 18.9 Å². The first-order valence-corrected chi connectivity index (χ1v) is 15.2. The summed E-state index contributed by atoms with van der Waals surface area (Å²) in [7, 11) is -4.16. The van der Waals surface area contributed by atoms with Gasteiger partial charge in [0.25, 0.3) is 0 Å². The fraction of sp³-hybridized carbons (Fsp3) is 0.200. The molecule has 1 atom stereocenters. The summed E-state index contributed by atoms with van der Waals surface area (Å²) in [5.74, 6) is -1.29. The number of ether oxygens (including phenoxy) is 1. The zero-order chi connectivity index (χ0) is 27.5. The number of amides is 1. The topological polar surface area (TPSA) is 102 Å². The van der Waals surface area contributed by atoms with Crippen molar-refractivity contribution in [3.8, 4) is 0 Å². The van der Waals surface area contributed by atoms with E-state index < -0.39 is 32.0 Å². The molecule has 0 bridgehead atoms. The average molecular weight is 616 g/mol. The molecule has 0 radical (unpaired) electrons. The van der Waals surface area contributed by atoms with E-state index in [1.54, 1.807) is 79.7 Å². The summed E-state index contributed by atoms with van der Waals surface area (Å²) in [6, 6.07) is 20.7. The number of hydrogen-bond donors (Lipinski definition) is 1. The first kappa shape index (κ1) is 30.4. The largest absolute Gasteiger partial charge is 0.480 e. The van der Waals surface area contributed by atoms with Gasteiger partial charge >= 0.3 is 19.7 Å². The van der Waals surface area contributed by atoms with Crippen LogP contribution >= 0.6 is 54.9 Å².